The number of carbonyl (C=O) groups is 2. The van der Waals surface area contributed by atoms with Crippen LogP contribution in [0.2, 0.25) is 0 Å². The van der Waals surface area contributed by atoms with Crippen LogP contribution < -0.4 is 11.1 Å². The zero-order valence-corrected chi connectivity index (χ0v) is 9.75. The van der Waals surface area contributed by atoms with E-state index in [0.29, 0.717) is 19.5 Å². The first kappa shape index (κ1) is 13.9. The van der Waals surface area contributed by atoms with E-state index < -0.39 is 6.04 Å². The summed E-state index contributed by atoms with van der Waals surface area (Å²) in [5.41, 5.74) is 5.62. The molecule has 0 fully saturated rings. The van der Waals surface area contributed by atoms with Crippen molar-refractivity contribution in [2.45, 2.75) is 33.2 Å². The Morgan fingerprint density at radius 2 is 1.93 bits per heavy atom. The fourth-order valence-electron chi connectivity index (χ4n) is 1.18. The van der Waals surface area contributed by atoms with E-state index in [1.807, 2.05) is 20.8 Å². The van der Waals surface area contributed by atoms with Crippen LogP contribution in [0.15, 0.2) is 0 Å². The minimum absolute atomic E-state index is 0.0941. The number of amides is 2. The van der Waals surface area contributed by atoms with Crippen molar-refractivity contribution < 1.29 is 9.59 Å². The first-order valence-electron chi connectivity index (χ1n) is 5.37. The Morgan fingerprint density at radius 3 is 2.33 bits per heavy atom. The average molecular weight is 215 g/mol. The molecule has 1 atom stereocenters. The third-order valence-electron chi connectivity index (χ3n) is 2.16. The molecule has 3 N–H and O–H groups in total. The summed E-state index contributed by atoms with van der Waals surface area (Å²) in [4.78, 5) is 24.4. The minimum Gasteiger partial charge on any atom is -0.355 e. The third-order valence-corrected chi connectivity index (χ3v) is 2.16. The van der Waals surface area contributed by atoms with Crippen LogP contribution in [-0.4, -0.2) is 42.4 Å². The molecule has 0 rings (SSSR count). The first-order chi connectivity index (χ1) is 7.06. The van der Waals surface area contributed by atoms with Crippen molar-refractivity contribution in [3.63, 3.8) is 0 Å². The highest BCUT2D eigenvalue weighted by Gasteiger charge is 2.19. The molecule has 5 heteroatoms. The molecule has 15 heavy (non-hydrogen) atoms. The van der Waals surface area contributed by atoms with Gasteiger partial charge in [-0.1, -0.05) is 6.92 Å². The summed E-state index contributed by atoms with van der Waals surface area (Å²) in [5, 5.41) is 2.65. The maximum atomic E-state index is 11.7. The lowest BCUT2D eigenvalue weighted by Gasteiger charge is -2.23. The largest absolute Gasteiger partial charge is 0.355 e. The minimum atomic E-state index is -0.501. The Kier molecular flexibility index (Phi) is 6.70. The smallest absolute Gasteiger partial charge is 0.239 e. The summed E-state index contributed by atoms with van der Waals surface area (Å²) in [7, 11) is 0. The average Bonchev–Trinajstić information content (AvgIpc) is 2.24. The normalized spacial score (nSPS) is 12.0. The highest BCUT2D eigenvalue weighted by Crippen LogP contribution is 1.96. The fraction of sp³-hybridized carbons (Fsp3) is 0.800. The summed E-state index contributed by atoms with van der Waals surface area (Å²) in [5.74, 6) is -0.303. The monoisotopic (exact) mass is 215 g/mol. The standard InChI is InChI=1S/C10H21N3O2/c1-4-8(11)10(15)13(6-3)7-9(14)12-5-2/h8H,4-7,11H2,1-3H3,(H,12,14)/t8-/m0/s1. The number of rotatable bonds is 6. The van der Waals surface area contributed by atoms with Gasteiger partial charge in [-0.25, -0.2) is 0 Å². The van der Waals surface area contributed by atoms with Crippen molar-refractivity contribution in [3.05, 3.63) is 0 Å². The van der Waals surface area contributed by atoms with E-state index in [0.717, 1.165) is 0 Å². The van der Waals surface area contributed by atoms with E-state index in [-0.39, 0.29) is 18.4 Å². The van der Waals surface area contributed by atoms with Crippen LogP contribution in [0.4, 0.5) is 0 Å². The molecule has 0 aliphatic heterocycles. The molecule has 0 aliphatic carbocycles. The molecule has 2 amide bonds. The van der Waals surface area contributed by atoms with E-state index in [4.69, 9.17) is 5.73 Å². The molecule has 0 aliphatic rings. The third kappa shape index (κ3) is 4.78. The Hall–Kier alpha value is -1.10. The van der Waals surface area contributed by atoms with E-state index >= 15 is 0 Å². The zero-order chi connectivity index (χ0) is 11.8. The van der Waals surface area contributed by atoms with Crippen molar-refractivity contribution in [2.24, 2.45) is 5.73 Å². The summed E-state index contributed by atoms with van der Waals surface area (Å²) in [6, 6.07) is -0.501. The van der Waals surface area contributed by atoms with Crippen molar-refractivity contribution in [1.29, 1.82) is 0 Å². The number of nitrogens with two attached hydrogens (primary N) is 1. The molecular weight excluding hydrogens is 194 g/mol. The van der Waals surface area contributed by atoms with Crippen molar-refractivity contribution in [1.82, 2.24) is 10.2 Å². The van der Waals surface area contributed by atoms with E-state index in [1.54, 1.807) is 0 Å². The number of nitrogens with zero attached hydrogens (tertiary/aromatic N) is 1. The van der Waals surface area contributed by atoms with Gasteiger partial charge in [0.1, 0.15) is 0 Å². The summed E-state index contributed by atoms with van der Waals surface area (Å²) in [6.45, 7) is 6.70. The second-order valence-electron chi connectivity index (χ2n) is 3.32. The number of nitrogens with one attached hydrogen (secondary N) is 1. The molecule has 0 bridgehead atoms. The van der Waals surface area contributed by atoms with E-state index in [9.17, 15) is 9.59 Å². The molecular formula is C10H21N3O2. The van der Waals surface area contributed by atoms with Gasteiger partial charge in [-0.15, -0.1) is 0 Å². The van der Waals surface area contributed by atoms with E-state index in [2.05, 4.69) is 5.32 Å². The van der Waals surface area contributed by atoms with Gasteiger partial charge in [0.2, 0.25) is 11.8 Å². The zero-order valence-electron chi connectivity index (χ0n) is 9.75. The van der Waals surface area contributed by atoms with Crippen LogP contribution in [0.5, 0.6) is 0 Å². The van der Waals surface area contributed by atoms with Gasteiger partial charge in [0.25, 0.3) is 0 Å². The highest BCUT2D eigenvalue weighted by molar-refractivity contribution is 5.87. The topological polar surface area (TPSA) is 75.4 Å². The van der Waals surface area contributed by atoms with Gasteiger partial charge in [-0.3, -0.25) is 9.59 Å². The Bertz CT molecular complexity index is 219. The van der Waals surface area contributed by atoms with Gasteiger partial charge in [0.15, 0.2) is 0 Å². The van der Waals surface area contributed by atoms with Crippen LogP contribution in [0.3, 0.4) is 0 Å². The van der Waals surface area contributed by atoms with Crippen LogP contribution in [-0.2, 0) is 9.59 Å². The van der Waals surface area contributed by atoms with Gasteiger partial charge in [0.05, 0.1) is 12.6 Å². The van der Waals surface area contributed by atoms with Gasteiger partial charge >= 0.3 is 0 Å². The first-order valence-corrected chi connectivity index (χ1v) is 5.37. The maximum Gasteiger partial charge on any atom is 0.239 e. The SMILES string of the molecule is CCNC(=O)CN(CC)C(=O)[C@@H](N)CC. The quantitative estimate of drug-likeness (QED) is 0.639. The van der Waals surface area contributed by atoms with Crippen molar-refractivity contribution in [3.8, 4) is 0 Å². The second kappa shape index (κ2) is 7.23. The molecule has 0 heterocycles. The Balaban J connectivity index is 4.24. The number of likely N-dealkylation sites (N-methyl/N-ethyl adjacent to an activating group) is 2. The fourth-order valence-corrected chi connectivity index (χ4v) is 1.18. The van der Waals surface area contributed by atoms with Crippen molar-refractivity contribution >= 4 is 11.8 Å². The molecule has 88 valence electrons. The molecule has 0 spiro atoms. The molecule has 0 radical (unpaired) electrons. The Morgan fingerprint density at radius 1 is 1.33 bits per heavy atom. The summed E-state index contributed by atoms with van der Waals surface area (Å²) < 4.78 is 0. The Labute approximate surface area is 91.0 Å². The molecule has 0 saturated heterocycles. The molecule has 0 aromatic heterocycles. The molecule has 0 saturated carbocycles. The summed E-state index contributed by atoms with van der Waals surface area (Å²) >= 11 is 0. The lowest BCUT2D eigenvalue weighted by Crippen LogP contribution is -2.47. The molecule has 5 nitrogen and oxygen atoms in total. The van der Waals surface area contributed by atoms with Gasteiger partial charge in [-0.2, -0.15) is 0 Å². The predicted molar refractivity (Wildman–Crippen MR) is 59.2 cm³/mol. The van der Waals surface area contributed by atoms with Crippen LogP contribution >= 0.6 is 0 Å². The lowest BCUT2D eigenvalue weighted by atomic mass is 10.2. The predicted octanol–water partition coefficient (Wildman–Crippen LogP) is -0.292. The lowest BCUT2D eigenvalue weighted by molar-refractivity contribution is -0.136. The van der Waals surface area contributed by atoms with Crippen LogP contribution in [0.1, 0.15) is 27.2 Å². The van der Waals surface area contributed by atoms with Crippen LogP contribution in [0.25, 0.3) is 0 Å². The summed E-state index contributed by atoms with van der Waals surface area (Å²) in [6.07, 6.45) is 0.588. The number of hydrogen-bond acceptors (Lipinski definition) is 3. The van der Waals surface area contributed by atoms with Gasteiger partial charge in [-0.05, 0) is 20.3 Å². The highest BCUT2D eigenvalue weighted by atomic mass is 16.2. The molecule has 0 aromatic carbocycles. The molecule has 0 unspecified atom stereocenters. The van der Waals surface area contributed by atoms with Crippen molar-refractivity contribution in [2.75, 3.05) is 19.6 Å². The maximum absolute atomic E-state index is 11.7. The number of hydrogen-bond donors (Lipinski definition) is 2. The second-order valence-corrected chi connectivity index (χ2v) is 3.32. The van der Waals surface area contributed by atoms with Gasteiger partial charge in [0, 0.05) is 13.1 Å². The van der Waals surface area contributed by atoms with Gasteiger partial charge < -0.3 is 16.0 Å². The number of carbonyl (C=O) groups excluding carboxylic acids is 2. The van der Waals surface area contributed by atoms with Crippen LogP contribution in [0, 0.1) is 0 Å². The molecule has 0 aromatic rings. The van der Waals surface area contributed by atoms with E-state index in [1.165, 1.54) is 4.90 Å².